The van der Waals surface area contributed by atoms with Crippen LogP contribution >= 0.6 is 12.2 Å². The predicted octanol–water partition coefficient (Wildman–Crippen LogP) is -3.38. The second-order valence-corrected chi connectivity index (χ2v) is 3.70. The van der Waals surface area contributed by atoms with E-state index < -0.39 is 37.3 Å². The van der Waals surface area contributed by atoms with Crippen molar-refractivity contribution in [1.82, 2.24) is 5.32 Å². The van der Waals surface area contributed by atoms with Gasteiger partial charge in [0.25, 0.3) is 0 Å². The Morgan fingerprint density at radius 2 is 1.87 bits per heavy atom. The highest BCUT2D eigenvalue weighted by Gasteiger charge is 2.43. The van der Waals surface area contributed by atoms with Crippen LogP contribution in [0, 0.1) is 0 Å². The van der Waals surface area contributed by atoms with Crippen LogP contribution in [0.4, 0.5) is 0 Å². The van der Waals surface area contributed by atoms with Crippen molar-refractivity contribution in [1.29, 1.82) is 0 Å². The number of thiocarbonyl (C=S) groups is 1. The number of hydrogen-bond donors (Lipinski definition) is 6. The van der Waals surface area contributed by atoms with Crippen molar-refractivity contribution in [2.75, 3.05) is 6.61 Å². The summed E-state index contributed by atoms with van der Waals surface area (Å²) in [5, 5.41) is 39.4. The molecule has 7 N–H and O–H groups in total. The summed E-state index contributed by atoms with van der Waals surface area (Å²) in [6.45, 7) is -0.486. The highest BCUT2D eigenvalue weighted by molar-refractivity contribution is 7.80. The first-order valence-corrected chi connectivity index (χ1v) is 4.74. The van der Waals surface area contributed by atoms with Gasteiger partial charge in [0.2, 0.25) is 0 Å². The first-order valence-electron chi connectivity index (χ1n) is 4.34. The molecule has 1 heterocycles. The Morgan fingerprint density at radius 3 is 2.33 bits per heavy atom. The van der Waals surface area contributed by atoms with Crippen molar-refractivity contribution < 1.29 is 25.2 Å². The second-order valence-electron chi connectivity index (χ2n) is 3.26. The first kappa shape index (κ1) is 12.6. The molecule has 0 aromatic carbocycles. The third kappa shape index (κ3) is 2.74. The molecule has 1 saturated heterocycles. The molecule has 7 nitrogen and oxygen atoms in total. The molecule has 0 bridgehead atoms. The number of aliphatic hydroxyl groups excluding tert-OH is 4. The van der Waals surface area contributed by atoms with E-state index in [1.807, 2.05) is 0 Å². The summed E-state index contributed by atoms with van der Waals surface area (Å²) in [5.41, 5.74) is 5.18. The van der Waals surface area contributed by atoms with Gasteiger partial charge in [0, 0.05) is 0 Å². The lowest BCUT2D eigenvalue weighted by atomic mass is 9.98. The first-order chi connectivity index (χ1) is 6.97. The molecule has 0 aromatic heterocycles. The molecule has 1 aliphatic heterocycles. The molecule has 0 spiro atoms. The Kier molecular flexibility index (Phi) is 4.20. The summed E-state index contributed by atoms with van der Waals surface area (Å²) in [6, 6.07) is 0. The molecular weight excluding hydrogens is 224 g/mol. The molecular formula is C7H14N2O5S. The predicted molar refractivity (Wildman–Crippen MR) is 53.7 cm³/mol. The standard InChI is InChI=1S/C7H14N2O5S/c8-7(15)9-6-5(13)4(12)3(11)2(1-10)14-6/h2-6,10-13H,1H2,(H3,8,9,15)/t2-,3-,4+,5-,6?/m1/s1. The number of nitrogens with two attached hydrogens (primary N) is 1. The van der Waals surface area contributed by atoms with Crippen LogP contribution in [0.1, 0.15) is 0 Å². The third-order valence-corrected chi connectivity index (χ3v) is 2.29. The minimum Gasteiger partial charge on any atom is -0.394 e. The molecule has 0 radical (unpaired) electrons. The molecule has 5 atom stereocenters. The highest BCUT2D eigenvalue weighted by atomic mass is 32.1. The van der Waals surface area contributed by atoms with Crippen LogP contribution < -0.4 is 11.1 Å². The van der Waals surface area contributed by atoms with Crippen LogP contribution in [-0.2, 0) is 4.74 Å². The normalized spacial score (nSPS) is 41.2. The van der Waals surface area contributed by atoms with E-state index in [2.05, 4.69) is 17.5 Å². The van der Waals surface area contributed by atoms with Crippen molar-refractivity contribution in [3.8, 4) is 0 Å². The molecule has 88 valence electrons. The Balaban J connectivity index is 2.69. The number of nitrogens with one attached hydrogen (secondary N) is 1. The average Bonchev–Trinajstić information content (AvgIpc) is 2.18. The second kappa shape index (κ2) is 5.01. The fourth-order valence-corrected chi connectivity index (χ4v) is 1.48. The van der Waals surface area contributed by atoms with Gasteiger partial charge in [-0.15, -0.1) is 0 Å². The van der Waals surface area contributed by atoms with Crippen LogP contribution in [0.15, 0.2) is 0 Å². The average molecular weight is 238 g/mol. The summed E-state index contributed by atoms with van der Waals surface area (Å²) in [7, 11) is 0. The lowest BCUT2D eigenvalue weighted by Crippen LogP contribution is -2.63. The summed E-state index contributed by atoms with van der Waals surface area (Å²) < 4.78 is 5.05. The molecule has 0 saturated carbocycles. The van der Waals surface area contributed by atoms with Crippen LogP contribution in [0.2, 0.25) is 0 Å². The highest BCUT2D eigenvalue weighted by Crippen LogP contribution is 2.19. The zero-order valence-corrected chi connectivity index (χ0v) is 8.59. The third-order valence-electron chi connectivity index (χ3n) is 2.18. The van der Waals surface area contributed by atoms with E-state index in [1.165, 1.54) is 0 Å². The van der Waals surface area contributed by atoms with E-state index in [9.17, 15) is 15.3 Å². The maximum atomic E-state index is 9.48. The van der Waals surface area contributed by atoms with Gasteiger partial charge in [0.1, 0.15) is 24.4 Å². The number of rotatable bonds is 2. The molecule has 1 unspecified atom stereocenters. The van der Waals surface area contributed by atoms with E-state index in [1.54, 1.807) is 0 Å². The maximum Gasteiger partial charge on any atom is 0.165 e. The Bertz CT molecular complexity index is 239. The van der Waals surface area contributed by atoms with Gasteiger partial charge in [0.15, 0.2) is 11.3 Å². The topological polar surface area (TPSA) is 128 Å². The van der Waals surface area contributed by atoms with Crippen LogP contribution in [0.5, 0.6) is 0 Å². The van der Waals surface area contributed by atoms with Crippen molar-refractivity contribution in [2.24, 2.45) is 5.73 Å². The van der Waals surface area contributed by atoms with Crippen LogP contribution in [0.25, 0.3) is 0 Å². The monoisotopic (exact) mass is 238 g/mol. The summed E-state index contributed by atoms with van der Waals surface area (Å²) in [4.78, 5) is 0. The van der Waals surface area contributed by atoms with Crippen molar-refractivity contribution in [3.05, 3.63) is 0 Å². The molecule has 1 aliphatic rings. The van der Waals surface area contributed by atoms with Gasteiger partial charge in [-0.05, 0) is 12.2 Å². The summed E-state index contributed by atoms with van der Waals surface area (Å²) in [6.07, 6.45) is -6.19. The van der Waals surface area contributed by atoms with Crippen LogP contribution in [-0.4, -0.2) is 62.8 Å². The van der Waals surface area contributed by atoms with Gasteiger partial charge in [-0.1, -0.05) is 0 Å². The largest absolute Gasteiger partial charge is 0.394 e. The van der Waals surface area contributed by atoms with E-state index in [0.29, 0.717) is 0 Å². The van der Waals surface area contributed by atoms with Gasteiger partial charge in [-0.2, -0.15) is 0 Å². The van der Waals surface area contributed by atoms with E-state index in [0.717, 1.165) is 0 Å². The zero-order valence-electron chi connectivity index (χ0n) is 7.78. The number of aliphatic hydroxyl groups is 4. The molecule has 8 heteroatoms. The van der Waals surface area contributed by atoms with Gasteiger partial charge >= 0.3 is 0 Å². The maximum absolute atomic E-state index is 9.48. The number of hydrogen-bond acceptors (Lipinski definition) is 6. The van der Waals surface area contributed by atoms with Crippen molar-refractivity contribution in [2.45, 2.75) is 30.6 Å². The molecule has 1 rings (SSSR count). The summed E-state index contributed by atoms with van der Waals surface area (Å²) >= 11 is 4.54. The number of ether oxygens (including phenoxy) is 1. The van der Waals surface area contributed by atoms with Gasteiger partial charge in [-0.25, -0.2) is 0 Å². The molecule has 15 heavy (non-hydrogen) atoms. The smallest absolute Gasteiger partial charge is 0.165 e. The Hall–Kier alpha value is -0.510. The van der Waals surface area contributed by atoms with E-state index in [4.69, 9.17) is 15.6 Å². The van der Waals surface area contributed by atoms with Crippen LogP contribution in [0.3, 0.4) is 0 Å². The zero-order chi connectivity index (χ0) is 11.6. The SMILES string of the molecule is NC(=S)NC1O[C@H](CO)[C@@H](O)[C@H](O)[C@H]1O. The molecule has 0 aromatic rings. The minimum atomic E-state index is -1.43. The van der Waals surface area contributed by atoms with Crippen molar-refractivity contribution >= 4 is 17.3 Å². The molecule has 1 fully saturated rings. The lowest BCUT2D eigenvalue weighted by molar-refractivity contribution is -0.232. The van der Waals surface area contributed by atoms with Gasteiger partial charge in [0.05, 0.1) is 6.61 Å². The lowest BCUT2D eigenvalue weighted by Gasteiger charge is -2.40. The minimum absolute atomic E-state index is 0.112. The van der Waals surface area contributed by atoms with Gasteiger partial charge < -0.3 is 36.2 Å². The van der Waals surface area contributed by atoms with Crippen molar-refractivity contribution in [3.63, 3.8) is 0 Å². The molecule has 0 amide bonds. The fourth-order valence-electron chi connectivity index (χ4n) is 1.36. The quantitative estimate of drug-likeness (QED) is 0.275. The van der Waals surface area contributed by atoms with E-state index in [-0.39, 0.29) is 5.11 Å². The fraction of sp³-hybridized carbons (Fsp3) is 0.857. The molecule has 0 aliphatic carbocycles. The Labute approximate surface area is 91.5 Å². The Morgan fingerprint density at radius 1 is 1.27 bits per heavy atom. The van der Waals surface area contributed by atoms with Gasteiger partial charge in [-0.3, -0.25) is 0 Å². The summed E-state index contributed by atoms with van der Waals surface area (Å²) in [5.74, 6) is 0. The van der Waals surface area contributed by atoms with E-state index >= 15 is 0 Å².